The number of hydrogen-bond acceptors (Lipinski definition) is 12. The van der Waals surface area contributed by atoms with E-state index in [1.165, 1.54) is 148 Å². The van der Waals surface area contributed by atoms with Crippen molar-refractivity contribution in [2.75, 3.05) is 13.2 Å². The highest BCUT2D eigenvalue weighted by molar-refractivity contribution is 7.46. The fourth-order valence-electron chi connectivity index (χ4n) is 10.9. The van der Waals surface area contributed by atoms with Crippen LogP contribution in [0.1, 0.15) is 330 Å². The van der Waals surface area contributed by atoms with E-state index < -0.39 is 75.1 Å². The number of aliphatic hydroxyl groups is 1. The maximum absolute atomic E-state index is 14.3. The quantitative estimate of drug-likeness (QED) is 0.0193. The fourth-order valence-corrected chi connectivity index (χ4v) is 11.5. The molecule has 0 aromatic carbocycles. The van der Waals surface area contributed by atoms with Gasteiger partial charge in [0.05, 0.1) is 19.4 Å². The van der Waals surface area contributed by atoms with E-state index in [0.717, 1.165) is 89.9 Å². The molecule has 0 spiro atoms. The molecule has 1 rings (SSSR count). The second-order valence-electron chi connectivity index (χ2n) is 23.2. The average Bonchev–Trinajstić information content (AvgIpc) is 3.44. The van der Waals surface area contributed by atoms with E-state index >= 15 is 0 Å². The summed E-state index contributed by atoms with van der Waals surface area (Å²) in [6.45, 7) is 9.82. The Morgan fingerprint density at radius 1 is 0.463 bits per heavy atom. The molecule has 1 amide bonds. The minimum absolute atomic E-state index is 0.0631. The molecule has 15 nitrogen and oxygen atoms in total. The van der Waals surface area contributed by atoms with Crippen LogP contribution in [0.5, 0.6) is 0 Å². The van der Waals surface area contributed by atoms with Gasteiger partial charge in [-0.25, -0.2) is 4.57 Å². The number of phosphoric acid groups is 1. The Morgan fingerprint density at radius 2 is 0.800 bits per heavy atom. The molecule has 1 heterocycles. The van der Waals surface area contributed by atoms with Crippen LogP contribution in [0.2, 0.25) is 0 Å². The van der Waals surface area contributed by atoms with Gasteiger partial charge < -0.3 is 43.9 Å². The van der Waals surface area contributed by atoms with Crippen molar-refractivity contribution in [2.45, 2.75) is 373 Å². The molecule has 0 saturated carbocycles. The molecule has 7 atom stereocenters. The van der Waals surface area contributed by atoms with Gasteiger partial charge in [-0.1, -0.05) is 259 Å². The van der Waals surface area contributed by atoms with Crippen LogP contribution < -0.4 is 5.32 Å². The summed E-state index contributed by atoms with van der Waals surface area (Å²) in [6, 6.07) is -1.38. The first-order valence-electron chi connectivity index (χ1n) is 33.3. The van der Waals surface area contributed by atoms with Gasteiger partial charge in [-0.3, -0.25) is 23.7 Å². The van der Waals surface area contributed by atoms with Crippen LogP contribution in [0.25, 0.3) is 0 Å². The van der Waals surface area contributed by atoms with Crippen LogP contribution in [0.15, 0.2) is 0 Å². The Labute approximate surface area is 488 Å². The molecule has 472 valence electrons. The molecule has 1 aliphatic rings. The van der Waals surface area contributed by atoms with E-state index in [4.69, 9.17) is 28.2 Å². The molecule has 16 heteroatoms. The standard InChI is InChI=1S/C64H122NO14P/c1-6-11-15-19-23-27-29-33-37-41-45-49-58(68)75-54(47-43-39-35-31-25-21-17-13-8-3)51-57(67)65-61-63(62(79-80(71,72)73)56(53-66)77-64(61)74-10-5)78-60(70)52-55(48-44-40-36-32-26-22-18-14-9-4)76-59(69)50-46-42-38-34-30-28-24-20-16-12-7-2/h54-56,61-64,66H,6-53H2,1-5H3,(H,65,67)(H2,71,72,73)/t54-,55-,56-,61-,62-,63-,64-/m1/s1. The predicted octanol–water partition coefficient (Wildman–Crippen LogP) is 16.5. The van der Waals surface area contributed by atoms with Gasteiger partial charge in [-0.05, 0) is 45.4 Å². The van der Waals surface area contributed by atoms with Crippen LogP contribution in [0, 0.1) is 0 Å². The van der Waals surface area contributed by atoms with Crippen molar-refractivity contribution >= 4 is 31.6 Å². The molecule has 1 aliphatic heterocycles. The molecule has 0 aliphatic carbocycles. The van der Waals surface area contributed by atoms with Crippen molar-refractivity contribution < 1.29 is 66.8 Å². The number of esters is 3. The summed E-state index contributed by atoms with van der Waals surface area (Å²) in [5.74, 6) is -2.22. The number of hydrogen-bond donors (Lipinski definition) is 4. The summed E-state index contributed by atoms with van der Waals surface area (Å²) in [5, 5.41) is 13.4. The summed E-state index contributed by atoms with van der Waals surface area (Å²) >= 11 is 0. The number of amides is 1. The number of ether oxygens (including phenoxy) is 5. The lowest BCUT2D eigenvalue weighted by Crippen LogP contribution is -2.66. The van der Waals surface area contributed by atoms with Gasteiger partial charge in [-0.15, -0.1) is 0 Å². The van der Waals surface area contributed by atoms with Crippen molar-refractivity contribution in [1.82, 2.24) is 5.32 Å². The highest BCUT2D eigenvalue weighted by Gasteiger charge is 2.52. The first-order valence-corrected chi connectivity index (χ1v) is 34.8. The second kappa shape index (κ2) is 52.4. The zero-order valence-corrected chi connectivity index (χ0v) is 52.7. The van der Waals surface area contributed by atoms with E-state index in [1.807, 2.05) is 0 Å². The topological polar surface area (TPSA) is 213 Å². The molecule has 0 unspecified atom stereocenters. The van der Waals surface area contributed by atoms with Gasteiger partial charge in [-0.2, -0.15) is 0 Å². The molecule has 0 radical (unpaired) electrons. The molecule has 4 N–H and O–H groups in total. The Kier molecular flexibility index (Phi) is 49.7. The SMILES string of the molecule is CCCCCCCCCCCCCC(=O)O[C@H](CCCCCCCCCCC)CC(=O)N[C@H]1[C@H](OCC)O[C@H](CO)[C@@H](OP(=O)(O)O)[C@@H]1OC(=O)C[C@@H](CCCCCCCCCCC)OC(=O)CCCCCCCCCCCCC. The number of phosphoric ester groups is 1. The van der Waals surface area contributed by atoms with Crippen LogP contribution >= 0.6 is 7.82 Å². The highest BCUT2D eigenvalue weighted by Crippen LogP contribution is 2.42. The Morgan fingerprint density at radius 3 is 1.14 bits per heavy atom. The summed E-state index contributed by atoms with van der Waals surface area (Å²) < 4.78 is 47.8. The van der Waals surface area contributed by atoms with E-state index in [-0.39, 0.29) is 38.3 Å². The minimum Gasteiger partial charge on any atom is -0.462 e. The molecule has 0 bridgehead atoms. The predicted molar refractivity (Wildman–Crippen MR) is 321 cm³/mol. The maximum Gasteiger partial charge on any atom is 0.470 e. The lowest BCUT2D eigenvalue weighted by molar-refractivity contribution is -0.270. The summed E-state index contributed by atoms with van der Waals surface area (Å²) in [7, 11) is -5.32. The number of nitrogens with one attached hydrogen (secondary N) is 1. The zero-order chi connectivity index (χ0) is 58.7. The van der Waals surface area contributed by atoms with Crippen molar-refractivity contribution in [3.05, 3.63) is 0 Å². The smallest absolute Gasteiger partial charge is 0.462 e. The third-order valence-corrected chi connectivity index (χ3v) is 16.2. The third-order valence-electron chi connectivity index (χ3n) is 15.6. The molecule has 1 fully saturated rings. The van der Waals surface area contributed by atoms with E-state index in [2.05, 4.69) is 33.0 Å². The average molecular weight is 1160 g/mol. The second-order valence-corrected chi connectivity index (χ2v) is 24.4. The maximum atomic E-state index is 14.3. The number of carbonyl (C=O) groups is 4. The monoisotopic (exact) mass is 1160 g/mol. The summed E-state index contributed by atoms with van der Waals surface area (Å²) in [4.78, 5) is 75.5. The van der Waals surface area contributed by atoms with Crippen LogP contribution in [0.4, 0.5) is 0 Å². The Hall–Kier alpha value is -2.13. The van der Waals surface area contributed by atoms with Gasteiger partial charge in [0.1, 0.15) is 30.5 Å². The van der Waals surface area contributed by atoms with Crippen molar-refractivity contribution in [3.63, 3.8) is 0 Å². The van der Waals surface area contributed by atoms with Crippen molar-refractivity contribution in [2.24, 2.45) is 0 Å². The van der Waals surface area contributed by atoms with Crippen molar-refractivity contribution in [1.29, 1.82) is 0 Å². The zero-order valence-electron chi connectivity index (χ0n) is 51.8. The molecule has 0 aromatic rings. The van der Waals surface area contributed by atoms with Crippen molar-refractivity contribution in [3.8, 4) is 0 Å². The first kappa shape index (κ1) is 75.9. The van der Waals surface area contributed by atoms with Gasteiger partial charge in [0.25, 0.3) is 0 Å². The van der Waals surface area contributed by atoms with E-state index in [9.17, 15) is 38.6 Å². The van der Waals surface area contributed by atoms with Crippen LogP contribution in [0.3, 0.4) is 0 Å². The lowest BCUT2D eigenvalue weighted by Gasteiger charge is -2.45. The summed E-state index contributed by atoms with van der Waals surface area (Å²) in [5.41, 5.74) is 0. The van der Waals surface area contributed by atoms with Gasteiger partial charge in [0, 0.05) is 19.4 Å². The lowest BCUT2D eigenvalue weighted by atomic mass is 9.96. The van der Waals surface area contributed by atoms with Gasteiger partial charge in [0.2, 0.25) is 5.91 Å². The Balaban J connectivity index is 3.26. The minimum atomic E-state index is -5.32. The Bertz CT molecular complexity index is 1530. The largest absolute Gasteiger partial charge is 0.470 e. The number of carbonyl (C=O) groups excluding carboxylic acids is 4. The number of aliphatic hydroxyl groups excluding tert-OH is 1. The fraction of sp³-hybridized carbons (Fsp3) is 0.938. The first-order chi connectivity index (χ1) is 38.8. The molecular formula is C64H122NO14P. The molecule has 0 aromatic heterocycles. The molecule has 1 saturated heterocycles. The van der Waals surface area contributed by atoms with Crippen LogP contribution in [-0.2, 0) is 52.0 Å². The van der Waals surface area contributed by atoms with E-state index in [1.54, 1.807) is 6.92 Å². The normalized spacial score (nSPS) is 18.2. The van der Waals surface area contributed by atoms with Gasteiger partial charge in [0.15, 0.2) is 12.4 Å². The molecule has 80 heavy (non-hydrogen) atoms. The van der Waals surface area contributed by atoms with Gasteiger partial charge >= 0.3 is 25.7 Å². The summed E-state index contributed by atoms with van der Waals surface area (Å²) in [6.07, 6.45) is 37.8. The van der Waals surface area contributed by atoms with E-state index in [0.29, 0.717) is 32.1 Å². The molecular weight excluding hydrogens is 1040 g/mol. The number of rotatable bonds is 57. The third kappa shape index (κ3) is 42.6. The number of unbranched alkanes of at least 4 members (excludes halogenated alkanes) is 36. The van der Waals surface area contributed by atoms with Crippen LogP contribution in [-0.4, -0.2) is 94.8 Å². The highest BCUT2D eigenvalue weighted by atomic mass is 31.2.